The lowest BCUT2D eigenvalue weighted by Gasteiger charge is -2.34. The molecule has 2 atom stereocenters. The lowest BCUT2D eigenvalue weighted by molar-refractivity contribution is -0.145. The fraction of sp³-hybridized carbons (Fsp3) is 0.474. The van der Waals surface area contributed by atoms with Crippen molar-refractivity contribution in [2.75, 3.05) is 6.54 Å². The number of urea groups is 1. The zero-order valence-corrected chi connectivity index (χ0v) is 14.8. The van der Waals surface area contributed by atoms with Crippen LogP contribution in [0.2, 0.25) is 0 Å². The zero-order chi connectivity index (χ0) is 18.7. The highest BCUT2D eigenvalue weighted by Crippen LogP contribution is 2.31. The number of nitrogens with one attached hydrogen (secondary N) is 1. The Morgan fingerprint density at radius 1 is 1.08 bits per heavy atom. The predicted octanol–water partition coefficient (Wildman–Crippen LogP) is 1.67. The first kappa shape index (κ1) is 18.1. The standard InChI is InChI=1S/C19H23N3O4/c1-13-7-5-6-10-15(13)22-18(25)17(24)21(19(22)26)12-16(23)20-11-14-8-3-2-4-9-14/h2-4,8-9,13,15H,5-7,10-12H2,1H3,(H,20,23)/t13-,15+/m1/s1. The van der Waals surface area contributed by atoms with E-state index in [1.807, 2.05) is 37.3 Å². The monoisotopic (exact) mass is 357 g/mol. The molecule has 1 aliphatic carbocycles. The highest BCUT2D eigenvalue weighted by molar-refractivity contribution is 6.45. The summed E-state index contributed by atoms with van der Waals surface area (Å²) in [7, 11) is 0. The van der Waals surface area contributed by atoms with Crippen molar-refractivity contribution in [3.8, 4) is 0 Å². The Hall–Kier alpha value is -2.70. The maximum atomic E-state index is 12.6. The van der Waals surface area contributed by atoms with Gasteiger partial charge in [-0.25, -0.2) is 9.69 Å². The fourth-order valence-corrected chi connectivity index (χ4v) is 3.63. The van der Waals surface area contributed by atoms with Crippen LogP contribution >= 0.6 is 0 Å². The SMILES string of the molecule is C[C@@H]1CCCC[C@@H]1N1C(=O)C(=O)N(CC(=O)NCc2ccccc2)C1=O. The molecule has 5 amide bonds. The molecule has 1 aliphatic heterocycles. The second kappa shape index (κ2) is 7.68. The molecule has 7 nitrogen and oxygen atoms in total. The van der Waals surface area contributed by atoms with Crippen molar-refractivity contribution in [2.45, 2.75) is 45.2 Å². The lowest BCUT2D eigenvalue weighted by Crippen LogP contribution is -2.47. The van der Waals surface area contributed by atoms with Crippen molar-refractivity contribution < 1.29 is 19.2 Å². The third-order valence-corrected chi connectivity index (χ3v) is 5.12. The molecule has 1 saturated heterocycles. The molecule has 1 heterocycles. The first-order valence-corrected chi connectivity index (χ1v) is 8.98. The average Bonchev–Trinajstić information content (AvgIpc) is 2.85. The Kier molecular flexibility index (Phi) is 5.35. The van der Waals surface area contributed by atoms with Crippen LogP contribution in [0.15, 0.2) is 30.3 Å². The van der Waals surface area contributed by atoms with Crippen molar-refractivity contribution in [3.05, 3.63) is 35.9 Å². The third kappa shape index (κ3) is 3.61. The maximum Gasteiger partial charge on any atom is 0.334 e. The van der Waals surface area contributed by atoms with Gasteiger partial charge < -0.3 is 5.32 Å². The Balaban J connectivity index is 1.62. The van der Waals surface area contributed by atoms with Gasteiger partial charge in [-0.1, -0.05) is 50.1 Å². The van der Waals surface area contributed by atoms with Gasteiger partial charge in [0, 0.05) is 12.6 Å². The molecule has 0 spiro atoms. The van der Waals surface area contributed by atoms with E-state index in [0.717, 1.165) is 34.6 Å². The van der Waals surface area contributed by atoms with Crippen molar-refractivity contribution >= 4 is 23.8 Å². The Bertz CT molecular complexity index is 719. The molecule has 0 unspecified atom stereocenters. The molecule has 3 rings (SSSR count). The van der Waals surface area contributed by atoms with Crippen LogP contribution in [0.5, 0.6) is 0 Å². The third-order valence-electron chi connectivity index (χ3n) is 5.12. The highest BCUT2D eigenvalue weighted by Gasteiger charge is 2.49. The summed E-state index contributed by atoms with van der Waals surface area (Å²) in [5.41, 5.74) is 0.911. The van der Waals surface area contributed by atoms with E-state index in [0.29, 0.717) is 13.0 Å². The molecule has 1 N–H and O–H groups in total. The van der Waals surface area contributed by atoms with Gasteiger partial charge in [-0.05, 0) is 24.3 Å². The van der Waals surface area contributed by atoms with Crippen LogP contribution in [-0.4, -0.2) is 46.1 Å². The molecule has 2 fully saturated rings. The maximum absolute atomic E-state index is 12.6. The van der Waals surface area contributed by atoms with E-state index >= 15 is 0 Å². The van der Waals surface area contributed by atoms with Crippen LogP contribution in [-0.2, 0) is 20.9 Å². The summed E-state index contributed by atoms with van der Waals surface area (Å²) in [5.74, 6) is -2.04. The minimum absolute atomic E-state index is 0.163. The van der Waals surface area contributed by atoms with Gasteiger partial charge in [-0.3, -0.25) is 19.3 Å². The number of benzene rings is 1. The molecule has 0 radical (unpaired) electrons. The second-order valence-electron chi connectivity index (χ2n) is 6.94. The summed E-state index contributed by atoms with van der Waals surface area (Å²) in [4.78, 5) is 51.1. The minimum Gasteiger partial charge on any atom is -0.350 e. The summed E-state index contributed by atoms with van der Waals surface area (Å²) < 4.78 is 0. The van der Waals surface area contributed by atoms with Gasteiger partial charge in [0.15, 0.2) is 0 Å². The van der Waals surface area contributed by atoms with E-state index in [2.05, 4.69) is 5.32 Å². The number of nitrogens with zero attached hydrogens (tertiary/aromatic N) is 2. The number of amides is 5. The molecule has 0 aromatic heterocycles. The Morgan fingerprint density at radius 2 is 1.77 bits per heavy atom. The topological polar surface area (TPSA) is 86.8 Å². The fourth-order valence-electron chi connectivity index (χ4n) is 3.63. The summed E-state index contributed by atoms with van der Waals surface area (Å²) in [6.07, 6.45) is 3.62. The predicted molar refractivity (Wildman–Crippen MR) is 93.7 cm³/mol. The van der Waals surface area contributed by atoms with Gasteiger partial charge in [0.1, 0.15) is 6.54 Å². The molecule has 2 aliphatic rings. The number of hydrogen-bond donors (Lipinski definition) is 1. The smallest absolute Gasteiger partial charge is 0.334 e. The van der Waals surface area contributed by atoms with Crippen LogP contribution in [0.3, 0.4) is 0 Å². The van der Waals surface area contributed by atoms with Crippen molar-refractivity contribution in [3.63, 3.8) is 0 Å². The van der Waals surface area contributed by atoms with Crippen LogP contribution in [0.4, 0.5) is 4.79 Å². The number of hydrogen-bond acceptors (Lipinski definition) is 4. The van der Waals surface area contributed by atoms with Gasteiger partial charge in [-0.2, -0.15) is 0 Å². The van der Waals surface area contributed by atoms with Crippen molar-refractivity contribution in [1.29, 1.82) is 0 Å². The minimum atomic E-state index is -0.914. The number of carbonyl (C=O) groups excluding carboxylic acids is 4. The first-order chi connectivity index (χ1) is 12.5. The van der Waals surface area contributed by atoms with E-state index in [9.17, 15) is 19.2 Å². The molecular formula is C19H23N3O4. The van der Waals surface area contributed by atoms with Crippen LogP contribution in [0.25, 0.3) is 0 Å². The molecule has 1 aromatic carbocycles. The normalized spacial score (nSPS) is 23.5. The van der Waals surface area contributed by atoms with E-state index in [1.165, 1.54) is 0 Å². The zero-order valence-electron chi connectivity index (χ0n) is 14.8. The lowest BCUT2D eigenvalue weighted by atomic mass is 9.85. The van der Waals surface area contributed by atoms with E-state index in [1.54, 1.807) is 0 Å². The first-order valence-electron chi connectivity index (χ1n) is 8.98. The summed E-state index contributed by atoms with van der Waals surface area (Å²) in [6.45, 7) is 1.85. The van der Waals surface area contributed by atoms with Gasteiger partial charge in [0.05, 0.1) is 0 Å². The average molecular weight is 357 g/mol. The summed E-state index contributed by atoms with van der Waals surface area (Å²) in [5, 5.41) is 2.67. The van der Waals surface area contributed by atoms with Gasteiger partial charge in [0.2, 0.25) is 5.91 Å². The quantitative estimate of drug-likeness (QED) is 0.641. The highest BCUT2D eigenvalue weighted by atomic mass is 16.2. The van der Waals surface area contributed by atoms with Crippen LogP contribution in [0.1, 0.15) is 38.2 Å². The molecule has 1 aromatic rings. The van der Waals surface area contributed by atoms with E-state index in [-0.39, 0.29) is 12.0 Å². The molecule has 26 heavy (non-hydrogen) atoms. The molecule has 1 saturated carbocycles. The van der Waals surface area contributed by atoms with Gasteiger partial charge in [0.25, 0.3) is 0 Å². The number of imide groups is 2. The summed E-state index contributed by atoms with van der Waals surface area (Å²) >= 11 is 0. The molecular weight excluding hydrogens is 334 g/mol. The van der Waals surface area contributed by atoms with Crippen LogP contribution < -0.4 is 5.32 Å². The van der Waals surface area contributed by atoms with Crippen molar-refractivity contribution in [2.24, 2.45) is 5.92 Å². The second-order valence-corrected chi connectivity index (χ2v) is 6.94. The molecule has 7 heteroatoms. The largest absolute Gasteiger partial charge is 0.350 e. The van der Waals surface area contributed by atoms with Crippen molar-refractivity contribution in [1.82, 2.24) is 15.1 Å². The van der Waals surface area contributed by atoms with Crippen LogP contribution in [0, 0.1) is 5.92 Å². The molecule has 0 bridgehead atoms. The number of rotatable bonds is 5. The van der Waals surface area contributed by atoms with Gasteiger partial charge in [-0.15, -0.1) is 0 Å². The Morgan fingerprint density at radius 3 is 2.46 bits per heavy atom. The van der Waals surface area contributed by atoms with Gasteiger partial charge >= 0.3 is 17.8 Å². The van der Waals surface area contributed by atoms with E-state index in [4.69, 9.17) is 0 Å². The summed E-state index contributed by atoms with van der Waals surface area (Å²) in [6, 6.07) is 8.39. The molecule has 138 valence electrons. The Labute approximate surface area is 152 Å². The number of carbonyl (C=O) groups is 4. The van der Waals surface area contributed by atoms with E-state index < -0.39 is 30.3 Å².